The standard InChI is InChI=1S/C11H15FN2O2/c1-7(15)6-16-9-8(12)5-13-10(14-9)11(2,3)4/h5H,6H2,1-4H3. The van der Waals surface area contributed by atoms with E-state index in [2.05, 4.69) is 9.97 Å². The molecule has 0 atom stereocenters. The molecule has 16 heavy (non-hydrogen) atoms. The highest BCUT2D eigenvalue weighted by Gasteiger charge is 2.20. The highest BCUT2D eigenvalue weighted by molar-refractivity contribution is 5.76. The Labute approximate surface area is 93.9 Å². The summed E-state index contributed by atoms with van der Waals surface area (Å²) < 4.78 is 18.2. The van der Waals surface area contributed by atoms with Crippen molar-refractivity contribution in [3.8, 4) is 5.88 Å². The fourth-order valence-corrected chi connectivity index (χ4v) is 0.984. The highest BCUT2D eigenvalue weighted by atomic mass is 19.1. The van der Waals surface area contributed by atoms with Gasteiger partial charge in [0.1, 0.15) is 12.4 Å². The van der Waals surface area contributed by atoms with E-state index in [1.807, 2.05) is 20.8 Å². The van der Waals surface area contributed by atoms with Crippen LogP contribution in [0.2, 0.25) is 0 Å². The average molecular weight is 226 g/mol. The Balaban J connectivity index is 2.95. The van der Waals surface area contributed by atoms with Gasteiger partial charge in [-0.1, -0.05) is 20.8 Å². The molecular weight excluding hydrogens is 211 g/mol. The molecule has 0 bridgehead atoms. The van der Waals surface area contributed by atoms with Crippen LogP contribution >= 0.6 is 0 Å². The maximum absolute atomic E-state index is 13.2. The van der Waals surface area contributed by atoms with Crippen LogP contribution in [0.5, 0.6) is 5.88 Å². The molecule has 1 rings (SSSR count). The zero-order valence-electron chi connectivity index (χ0n) is 9.87. The molecule has 0 radical (unpaired) electrons. The van der Waals surface area contributed by atoms with Crippen LogP contribution in [0.4, 0.5) is 4.39 Å². The van der Waals surface area contributed by atoms with Gasteiger partial charge >= 0.3 is 0 Å². The number of nitrogens with zero attached hydrogens (tertiary/aromatic N) is 2. The van der Waals surface area contributed by atoms with Crippen LogP contribution in [-0.2, 0) is 10.2 Å². The summed E-state index contributed by atoms with van der Waals surface area (Å²) >= 11 is 0. The van der Waals surface area contributed by atoms with E-state index < -0.39 is 5.82 Å². The molecule has 1 aromatic rings. The predicted molar refractivity (Wildman–Crippen MR) is 56.9 cm³/mol. The summed E-state index contributed by atoms with van der Waals surface area (Å²) in [6.45, 7) is 6.92. The van der Waals surface area contributed by atoms with E-state index in [0.29, 0.717) is 5.82 Å². The first-order chi connectivity index (χ1) is 7.30. The zero-order valence-corrected chi connectivity index (χ0v) is 9.87. The number of ketones is 1. The van der Waals surface area contributed by atoms with Gasteiger partial charge in [0, 0.05) is 5.41 Å². The van der Waals surface area contributed by atoms with E-state index in [0.717, 1.165) is 6.20 Å². The normalized spacial score (nSPS) is 11.3. The van der Waals surface area contributed by atoms with Crippen molar-refractivity contribution in [2.45, 2.75) is 33.1 Å². The van der Waals surface area contributed by atoms with E-state index in [-0.39, 0.29) is 23.7 Å². The quantitative estimate of drug-likeness (QED) is 0.789. The van der Waals surface area contributed by atoms with Gasteiger partial charge in [-0.25, -0.2) is 4.98 Å². The van der Waals surface area contributed by atoms with Crippen LogP contribution in [0, 0.1) is 5.82 Å². The minimum atomic E-state index is -0.658. The largest absolute Gasteiger partial charge is 0.468 e. The van der Waals surface area contributed by atoms with Crippen molar-refractivity contribution >= 4 is 5.78 Å². The first-order valence-corrected chi connectivity index (χ1v) is 4.96. The molecule has 0 amide bonds. The van der Waals surface area contributed by atoms with Gasteiger partial charge in [0.15, 0.2) is 5.78 Å². The molecule has 1 aromatic heterocycles. The second kappa shape index (κ2) is 4.55. The van der Waals surface area contributed by atoms with Gasteiger partial charge in [0.05, 0.1) is 6.20 Å². The van der Waals surface area contributed by atoms with E-state index in [4.69, 9.17) is 4.74 Å². The molecule has 0 N–H and O–H groups in total. The lowest BCUT2D eigenvalue weighted by Gasteiger charge is -2.16. The molecule has 5 heteroatoms. The molecule has 4 nitrogen and oxygen atoms in total. The molecule has 0 saturated heterocycles. The van der Waals surface area contributed by atoms with Crippen molar-refractivity contribution in [3.05, 3.63) is 17.8 Å². The maximum Gasteiger partial charge on any atom is 0.254 e. The van der Waals surface area contributed by atoms with Gasteiger partial charge in [-0.15, -0.1) is 0 Å². The SMILES string of the molecule is CC(=O)COc1nc(C(C)(C)C)ncc1F. The topological polar surface area (TPSA) is 52.1 Å². The summed E-state index contributed by atoms with van der Waals surface area (Å²) in [6, 6.07) is 0. The molecule has 0 aliphatic rings. The third-order valence-corrected chi connectivity index (χ3v) is 1.79. The molecule has 0 aromatic carbocycles. The van der Waals surface area contributed by atoms with Crippen molar-refractivity contribution in [1.82, 2.24) is 9.97 Å². The van der Waals surface area contributed by atoms with E-state index in [1.54, 1.807) is 0 Å². The Morgan fingerprint density at radius 2 is 2.12 bits per heavy atom. The number of carbonyl (C=O) groups excluding carboxylic acids is 1. The summed E-state index contributed by atoms with van der Waals surface area (Å²) in [5.74, 6) is -0.535. The number of halogens is 1. The summed E-state index contributed by atoms with van der Waals surface area (Å²) in [4.78, 5) is 18.6. The number of hydrogen-bond donors (Lipinski definition) is 0. The lowest BCUT2D eigenvalue weighted by atomic mass is 9.96. The number of rotatable bonds is 3. The van der Waals surface area contributed by atoms with Crippen molar-refractivity contribution < 1.29 is 13.9 Å². The molecule has 88 valence electrons. The smallest absolute Gasteiger partial charge is 0.254 e. The molecule has 0 saturated carbocycles. The fourth-order valence-electron chi connectivity index (χ4n) is 0.984. The first kappa shape index (κ1) is 12.5. The van der Waals surface area contributed by atoms with Crippen molar-refractivity contribution in [1.29, 1.82) is 0 Å². The second-order valence-electron chi connectivity index (χ2n) is 4.59. The van der Waals surface area contributed by atoms with Crippen LogP contribution in [0.1, 0.15) is 33.5 Å². The van der Waals surface area contributed by atoms with E-state index in [9.17, 15) is 9.18 Å². The van der Waals surface area contributed by atoms with Crippen LogP contribution < -0.4 is 4.74 Å². The van der Waals surface area contributed by atoms with Crippen LogP contribution in [0.25, 0.3) is 0 Å². The summed E-state index contributed by atoms with van der Waals surface area (Å²) in [5, 5.41) is 0. The number of aromatic nitrogens is 2. The Morgan fingerprint density at radius 3 is 2.62 bits per heavy atom. The lowest BCUT2D eigenvalue weighted by molar-refractivity contribution is -0.119. The molecular formula is C11H15FN2O2. The van der Waals surface area contributed by atoms with Gasteiger partial charge in [0.25, 0.3) is 5.88 Å². The molecule has 1 heterocycles. The number of hydrogen-bond acceptors (Lipinski definition) is 4. The number of ether oxygens (including phenoxy) is 1. The minimum Gasteiger partial charge on any atom is -0.468 e. The maximum atomic E-state index is 13.2. The van der Waals surface area contributed by atoms with E-state index >= 15 is 0 Å². The van der Waals surface area contributed by atoms with Gasteiger partial charge in [-0.3, -0.25) is 4.79 Å². The summed E-state index contributed by atoms with van der Waals surface area (Å²) in [5.41, 5.74) is -0.290. The van der Waals surface area contributed by atoms with Crippen LogP contribution in [-0.4, -0.2) is 22.4 Å². The number of carbonyl (C=O) groups is 1. The van der Waals surface area contributed by atoms with Crippen molar-refractivity contribution in [2.24, 2.45) is 0 Å². The molecule has 0 spiro atoms. The zero-order chi connectivity index (χ0) is 12.3. The Morgan fingerprint density at radius 1 is 1.50 bits per heavy atom. The number of Topliss-reactive ketones (excluding diaryl/α,β-unsaturated/α-hetero) is 1. The molecule has 0 unspecified atom stereocenters. The van der Waals surface area contributed by atoms with Crippen molar-refractivity contribution in [3.63, 3.8) is 0 Å². The summed E-state index contributed by atoms with van der Waals surface area (Å²) in [7, 11) is 0. The van der Waals surface area contributed by atoms with Gasteiger partial charge in [-0.05, 0) is 6.92 Å². The monoisotopic (exact) mass is 226 g/mol. The Kier molecular flexibility index (Phi) is 3.57. The lowest BCUT2D eigenvalue weighted by Crippen LogP contribution is -2.18. The molecule has 0 fully saturated rings. The van der Waals surface area contributed by atoms with Crippen molar-refractivity contribution in [2.75, 3.05) is 6.61 Å². The minimum absolute atomic E-state index is 0.171. The van der Waals surface area contributed by atoms with Gasteiger partial charge in [0.2, 0.25) is 5.82 Å². The fraction of sp³-hybridized carbons (Fsp3) is 0.545. The highest BCUT2D eigenvalue weighted by Crippen LogP contribution is 2.21. The third-order valence-electron chi connectivity index (χ3n) is 1.79. The average Bonchev–Trinajstić information content (AvgIpc) is 2.14. The summed E-state index contributed by atoms with van der Waals surface area (Å²) in [6.07, 6.45) is 1.06. The van der Waals surface area contributed by atoms with Crippen LogP contribution in [0.15, 0.2) is 6.20 Å². The van der Waals surface area contributed by atoms with E-state index in [1.165, 1.54) is 6.92 Å². The molecule has 0 aliphatic heterocycles. The Hall–Kier alpha value is -1.52. The second-order valence-corrected chi connectivity index (χ2v) is 4.59. The first-order valence-electron chi connectivity index (χ1n) is 4.96. The van der Waals surface area contributed by atoms with Gasteiger partial charge in [-0.2, -0.15) is 9.37 Å². The van der Waals surface area contributed by atoms with Gasteiger partial charge < -0.3 is 4.74 Å². The van der Waals surface area contributed by atoms with Crippen LogP contribution in [0.3, 0.4) is 0 Å². The predicted octanol–water partition coefficient (Wildman–Crippen LogP) is 1.88. The molecule has 0 aliphatic carbocycles. The third kappa shape index (κ3) is 3.25. The Bertz CT molecular complexity index is 399.